The van der Waals surface area contributed by atoms with Crippen molar-refractivity contribution in [2.24, 2.45) is 7.05 Å². The number of carbonyl (C=O) groups excluding carboxylic acids is 1. The zero-order chi connectivity index (χ0) is 14.7. The smallest absolute Gasteiger partial charge is 0.290 e. The van der Waals surface area contributed by atoms with E-state index in [1.165, 1.54) is 14.2 Å². The number of ether oxygens (including phenoxy) is 1. The standard InChI is InChI=1S/C13H13ClN2O4/c1-16-12(17)6-11(20-16)13(18)15-7-8-3-4-9(14)5-10(8)19-2/h3-6H,7H2,1-2H3,(H,15,18). The molecule has 0 unspecified atom stereocenters. The molecule has 1 heterocycles. The highest BCUT2D eigenvalue weighted by Gasteiger charge is 2.13. The predicted octanol–water partition coefficient (Wildman–Crippen LogP) is 1.57. The second-order valence-corrected chi connectivity index (χ2v) is 4.51. The second kappa shape index (κ2) is 5.83. The van der Waals surface area contributed by atoms with Crippen LogP contribution in [0.3, 0.4) is 0 Å². The van der Waals surface area contributed by atoms with Crippen molar-refractivity contribution < 1.29 is 14.1 Å². The van der Waals surface area contributed by atoms with Gasteiger partial charge in [-0.05, 0) is 12.1 Å². The summed E-state index contributed by atoms with van der Waals surface area (Å²) in [7, 11) is 2.95. The molecule has 2 aromatic rings. The molecule has 0 fully saturated rings. The lowest BCUT2D eigenvalue weighted by molar-refractivity contribution is 0.0900. The Bertz CT molecular complexity index is 690. The van der Waals surface area contributed by atoms with E-state index in [9.17, 15) is 9.59 Å². The first-order chi connectivity index (χ1) is 9.51. The monoisotopic (exact) mass is 296 g/mol. The van der Waals surface area contributed by atoms with Gasteiger partial charge in [0, 0.05) is 24.2 Å². The number of aryl methyl sites for hydroxylation is 1. The Morgan fingerprint density at radius 1 is 1.45 bits per heavy atom. The van der Waals surface area contributed by atoms with E-state index >= 15 is 0 Å². The predicted molar refractivity (Wildman–Crippen MR) is 73.1 cm³/mol. The molecule has 0 atom stereocenters. The van der Waals surface area contributed by atoms with Crippen LogP contribution in [0, 0.1) is 0 Å². The van der Waals surface area contributed by atoms with Crippen molar-refractivity contribution in [2.75, 3.05) is 7.11 Å². The summed E-state index contributed by atoms with van der Waals surface area (Å²) in [6.45, 7) is 0.234. The van der Waals surface area contributed by atoms with E-state index in [-0.39, 0.29) is 17.9 Å². The molecule has 0 radical (unpaired) electrons. The number of halogens is 1. The first-order valence-corrected chi connectivity index (χ1v) is 6.17. The van der Waals surface area contributed by atoms with Gasteiger partial charge in [0.2, 0.25) is 5.76 Å². The van der Waals surface area contributed by atoms with Gasteiger partial charge in [-0.15, -0.1) is 0 Å². The molecule has 2 rings (SSSR count). The van der Waals surface area contributed by atoms with Crippen LogP contribution in [-0.4, -0.2) is 17.8 Å². The van der Waals surface area contributed by atoms with Crippen LogP contribution in [-0.2, 0) is 13.6 Å². The largest absolute Gasteiger partial charge is 0.496 e. The molecule has 0 spiro atoms. The molecule has 0 saturated heterocycles. The lowest BCUT2D eigenvalue weighted by Crippen LogP contribution is -2.22. The second-order valence-electron chi connectivity index (χ2n) is 4.07. The van der Waals surface area contributed by atoms with E-state index in [0.29, 0.717) is 10.8 Å². The summed E-state index contributed by atoms with van der Waals surface area (Å²) in [5.74, 6) is 0.0671. The molecule has 1 aromatic carbocycles. The molecule has 1 N–H and O–H groups in total. The number of carbonyl (C=O) groups is 1. The molecule has 6 nitrogen and oxygen atoms in total. The maximum absolute atomic E-state index is 11.8. The van der Waals surface area contributed by atoms with E-state index in [2.05, 4.69) is 5.32 Å². The van der Waals surface area contributed by atoms with Crippen molar-refractivity contribution in [1.82, 2.24) is 10.1 Å². The third-order valence-corrected chi connectivity index (χ3v) is 2.95. The van der Waals surface area contributed by atoms with Crippen LogP contribution in [0.4, 0.5) is 0 Å². The van der Waals surface area contributed by atoms with Gasteiger partial charge in [-0.2, -0.15) is 4.74 Å². The Hall–Kier alpha value is -2.21. The van der Waals surface area contributed by atoms with Gasteiger partial charge < -0.3 is 14.6 Å². The van der Waals surface area contributed by atoms with Gasteiger partial charge in [0.05, 0.1) is 13.2 Å². The van der Waals surface area contributed by atoms with E-state index in [4.69, 9.17) is 20.9 Å². The summed E-state index contributed by atoms with van der Waals surface area (Å²) in [5, 5.41) is 3.19. The molecule has 0 aliphatic carbocycles. The van der Waals surface area contributed by atoms with Crippen LogP contribution in [0.5, 0.6) is 5.75 Å². The summed E-state index contributed by atoms with van der Waals surface area (Å²) in [6.07, 6.45) is 0. The maximum atomic E-state index is 11.8. The number of aromatic nitrogens is 1. The van der Waals surface area contributed by atoms with Gasteiger partial charge in [0.1, 0.15) is 5.75 Å². The fraction of sp³-hybridized carbons (Fsp3) is 0.231. The summed E-state index contributed by atoms with van der Waals surface area (Å²) < 4.78 is 11.1. The zero-order valence-electron chi connectivity index (χ0n) is 11.0. The molecule has 7 heteroatoms. The third-order valence-electron chi connectivity index (χ3n) is 2.71. The van der Waals surface area contributed by atoms with E-state index < -0.39 is 5.91 Å². The molecular weight excluding hydrogens is 284 g/mol. The highest BCUT2D eigenvalue weighted by atomic mass is 35.5. The zero-order valence-corrected chi connectivity index (χ0v) is 11.7. The van der Waals surface area contributed by atoms with Crippen LogP contribution >= 0.6 is 11.6 Å². The highest BCUT2D eigenvalue weighted by Crippen LogP contribution is 2.22. The fourth-order valence-corrected chi connectivity index (χ4v) is 1.82. The van der Waals surface area contributed by atoms with E-state index in [1.807, 2.05) is 0 Å². The number of rotatable bonds is 4. The lowest BCUT2D eigenvalue weighted by atomic mass is 10.2. The van der Waals surface area contributed by atoms with E-state index in [0.717, 1.165) is 16.4 Å². The molecule has 1 aromatic heterocycles. The lowest BCUT2D eigenvalue weighted by Gasteiger charge is -2.09. The van der Waals surface area contributed by atoms with Crippen molar-refractivity contribution in [3.8, 4) is 5.75 Å². The SMILES string of the molecule is COc1cc(Cl)ccc1CNC(=O)c1cc(=O)n(C)o1. The number of benzene rings is 1. The topological polar surface area (TPSA) is 73.5 Å². The molecule has 0 bridgehead atoms. The first kappa shape index (κ1) is 14.2. The Morgan fingerprint density at radius 2 is 2.20 bits per heavy atom. The number of amides is 1. The summed E-state index contributed by atoms with van der Waals surface area (Å²) in [4.78, 5) is 23.0. The molecule has 0 aliphatic rings. The minimum absolute atomic E-state index is 0.0366. The molecule has 1 amide bonds. The average Bonchev–Trinajstić information content (AvgIpc) is 2.77. The van der Waals surface area contributed by atoms with Crippen molar-refractivity contribution in [3.05, 3.63) is 51.0 Å². The Labute approximate surface area is 119 Å². The molecule has 0 saturated carbocycles. The van der Waals surface area contributed by atoms with Crippen LogP contribution in [0.25, 0.3) is 0 Å². The Morgan fingerprint density at radius 3 is 2.80 bits per heavy atom. The third kappa shape index (κ3) is 3.03. The van der Waals surface area contributed by atoms with Gasteiger partial charge in [-0.25, -0.2) is 0 Å². The van der Waals surface area contributed by atoms with Gasteiger partial charge in [0.25, 0.3) is 11.5 Å². The summed E-state index contributed by atoms with van der Waals surface area (Å²) in [6, 6.07) is 6.25. The quantitative estimate of drug-likeness (QED) is 0.929. The summed E-state index contributed by atoms with van der Waals surface area (Å²) >= 11 is 5.85. The van der Waals surface area contributed by atoms with Gasteiger partial charge in [-0.1, -0.05) is 17.7 Å². The molecule has 20 heavy (non-hydrogen) atoms. The van der Waals surface area contributed by atoms with Crippen molar-refractivity contribution in [1.29, 1.82) is 0 Å². The first-order valence-electron chi connectivity index (χ1n) is 5.79. The normalized spacial score (nSPS) is 10.3. The van der Waals surface area contributed by atoms with Gasteiger partial charge in [-0.3, -0.25) is 9.59 Å². The number of hydrogen-bond donors (Lipinski definition) is 1. The maximum Gasteiger partial charge on any atom is 0.290 e. The minimum Gasteiger partial charge on any atom is -0.496 e. The average molecular weight is 297 g/mol. The van der Waals surface area contributed by atoms with Crippen molar-refractivity contribution >= 4 is 17.5 Å². The van der Waals surface area contributed by atoms with Crippen LogP contribution < -0.4 is 15.6 Å². The molecular formula is C13H13ClN2O4. The minimum atomic E-state index is -0.472. The Balaban J connectivity index is 2.09. The van der Waals surface area contributed by atoms with Crippen molar-refractivity contribution in [2.45, 2.75) is 6.54 Å². The van der Waals surface area contributed by atoms with Crippen LogP contribution in [0.1, 0.15) is 16.1 Å². The van der Waals surface area contributed by atoms with Crippen LogP contribution in [0.2, 0.25) is 5.02 Å². The Kier molecular flexibility index (Phi) is 4.14. The number of methoxy groups -OCH3 is 1. The van der Waals surface area contributed by atoms with Gasteiger partial charge in [0.15, 0.2) is 0 Å². The number of nitrogens with zero attached hydrogens (tertiary/aromatic N) is 1. The van der Waals surface area contributed by atoms with Gasteiger partial charge >= 0.3 is 0 Å². The van der Waals surface area contributed by atoms with Crippen LogP contribution in [0.15, 0.2) is 33.6 Å². The summed E-state index contributed by atoms with van der Waals surface area (Å²) in [5.41, 5.74) is 0.391. The van der Waals surface area contributed by atoms with Crippen molar-refractivity contribution in [3.63, 3.8) is 0 Å². The number of nitrogens with one attached hydrogen (secondary N) is 1. The van der Waals surface area contributed by atoms with E-state index in [1.54, 1.807) is 18.2 Å². The molecule has 0 aliphatic heterocycles. The molecule has 106 valence electrons. The highest BCUT2D eigenvalue weighted by molar-refractivity contribution is 6.30. The number of hydrogen-bond acceptors (Lipinski definition) is 4. The fourth-order valence-electron chi connectivity index (χ4n) is 1.66.